The van der Waals surface area contributed by atoms with Crippen LogP contribution in [0.4, 0.5) is 5.69 Å². The van der Waals surface area contributed by atoms with Crippen LogP contribution in [0, 0.1) is 6.92 Å². The first-order chi connectivity index (χ1) is 12.1. The Kier molecular flexibility index (Phi) is 5.07. The molecular formula is C19H24N4O2. The first kappa shape index (κ1) is 17.1. The van der Waals surface area contributed by atoms with Crippen molar-refractivity contribution in [2.75, 3.05) is 5.73 Å². The van der Waals surface area contributed by atoms with Crippen LogP contribution in [0.1, 0.15) is 31.2 Å². The number of H-pyrrole nitrogens is 1. The molecule has 0 spiro atoms. The van der Waals surface area contributed by atoms with Crippen molar-refractivity contribution in [2.45, 2.75) is 45.7 Å². The summed E-state index contributed by atoms with van der Waals surface area (Å²) in [5.74, 6) is 0. The molecule has 132 valence electrons. The first-order valence-corrected chi connectivity index (χ1v) is 8.70. The summed E-state index contributed by atoms with van der Waals surface area (Å²) >= 11 is 0. The minimum absolute atomic E-state index is 0.305. The summed E-state index contributed by atoms with van der Waals surface area (Å²) in [6.07, 6.45) is 7.87. The molecule has 6 heteroatoms. The Morgan fingerprint density at radius 3 is 2.48 bits per heavy atom. The number of aryl methyl sites for hydroxylation is 3. The molecule has 6 nitrogen and oxygen atoms in total. The normalized spacial score (nSPS) is 11.2. The van der Waals surface area contributed by atoms with E-state index in [1.807, 2.05) is 12.1 Å². The van der Waals surface area contributed by atoms with Crippen LogP contribution in [-0.4, -0.2) is 14.1 Å². The van der Waals surface area contributed by atoms with Crippen LogP contribution in [0.3, 0.4) is 0 Å². The first-order valence-electron chi connectivity index (χ1n) is 8.70. The van der Waals surface area contributed by atoms with Crippen LogP contribution in [0.15, 0.2) is 46.2 Å². The number of rotatable bonds is 7. The molecule has 1 aromatic carbocycles. The highest BCUT2D eigenvalue weighted by Crippen LogP contribution is 2.22. The number of nitrogen functional groups attached to an aromatic ring is 1. The lowest BCUT2D eigenvalue weighted by atomic mass is 10.2. The van der Waals surface area contributed by atoms with E-state index in [1.54, 1.807) is 17.7 Å². The maximum Gasteiger partial charge on any atom is 0.328 e. The monoisotopic (exact) mass is 340 g/mol. The van der Waals surface area contributed by atoms with E-state index in [-0.39, 0.29) is 11.2 Å². The second-order valence-corrected chi connectivity index (χ2v) is 6.47. The summed E-state index contributed by atoms with van der Waals surface area (Å²) < 4.78 is 3.82. The average molecular weight is 340 g/mol. The van der Waals surface area contributed by atoms with Crippen molar-refractivity contribution in [3.63, 3.8) is 0 Å². The molecule has 2 aromatic heterocycles. The van der Waals surface area contributed by atoms with E-state index in [2.05, 4.69) is 27.9 Å². The molecule has 0 saturated heterocycles. The number of anilines is 1. The van der Waals surface area contributed by atoms with Gasteiger partial charge in [0.1, 0.15) is 0 Å². The fraction of sp³-hybridized carbons (Fsp3) is 0.368. The van der Waals surface area contributed by atoms with Crippen LogP contribution in [0.5, 0.6) is 0 Å². The van der Waals surface area contributed by atoms with Gasteiger partial charge in [0.05, 0.1) is 5.52 Å². The molecule has 0 atom stereocenters. The largest absolute Gasteiger partial charge is 0.398 e. The van der Waals surface area contributed by atoms with Crippen molar-refractivity contribution in [2.24, 2.45) is 0 Å². The number of nitrogens with zero attached hydrogens (tertiary/aromatic N) is 2. The van der Waals surface area contributed by atoms with Gasteiger partial charge in [0, 0.05) is 42.1 Å². The van der Waals surface area contributed by atoms with Crippen molar-refractivity contribution < 1.29 is 0 Å². The van der Waals surface area contributed by atoms with E-state index in [9.17, 15) is 9.59 Å². The maximum atomic E-state index is 11.7. The van der Waals surface area contributed by atoms with Gasteiger partial charge >= 0.3 is 5.69 Å². The van der Waals surface area contributed by atoms with E-state index in [1.165, 1.54) is 5.52 Å². The van der Waals surface area contributed by atoms with Gasteiger partial charge in [-0.2, -0.15) is 0 Å². The highest BCUT2D eigenvalue weighted by molar-refractivity contribution is 5.91. The number of hydrogen-bond donors (Lipinski definition) is 2. The van der Waals surface area contributed by atoms with Gasteiger partial charge < -0.3 is 14.9 Å². The smallest absolute Gasteiger partial charge is 0.328 e. The minimum Gasteiger partial charge on any atom is -0.398 e. The van der Waals surface area contributed by atoms with Crippen molar-refractivity contribution in [3.05, 3.63) is 63.1 Å². The Morgan fingerprint density at radius 1 is 1.00 bits per heavy atom. The van der Waals surface area contributed by atoms with Crippen LogP contribution in [0.25, 0.3) is 10.9 Å². The zero-order valence-corrected chi connectivity index (χ0v) is 14.5. The summed E-state index contributed by atoms with van der Waals surface area (Å²) in [4.78, 5) is 25.4. The number of nitrogens with two attached hydrogens (primary N) is 1. The molecule has 0 aliphatic heterocycles. The van der Waals surface area contributed by atoms with Crippen molar-refractivity contribution in [1.29, 1.82) is 0 Å². The molecule has 0 unspecified atom stereocenters. The van der Waals surface area contributed by atoms with Crippen molar-refractivity contribution >= 4 is 16.6 Å². The van der Waals surface area contributed by atoms with E-state index in [0.717, 1.165) is 43.3 Å². The molecule has 2 heterocycles. The van der Waals surface area contributed by atoms with E-state index in [0.29, 0.717) is 12.1 Å². The molecule has 0 aliphatic rings. The maximum absolute atomic E-state index is 11.7. The van der Waals surface area contributed by atoms with E-state index >= 15 is 0 Å². The fourth-order valence-electron chi connectivity index (χ4n) is 3.14. The second kappa shape index (κ2) is 7.42. The molecular weight excluding hydrogens is 316 g/mol. The predicted molar refractivity (Wildman–Crippen MR) is 101 cm³/mol. The van der Waals surface area contributed by atoms with Gasteiger partial charge in [0.2, 0.25) is 0 Å². The molecule has 0 radical (unpaired) electrons. The fourth-order valence-corrected chi connectivity index (χ4v) is 3.14. The average Bonchev–Trinajstić information content (AvgIpc) is 3.00. The van der Waals surface area contributed by atoms with Crippen LogP contribution in [-0.2, 0) is 13.1 Å². The number of aromatic nitrogens is 3. The number of aromatic amines is 1. The van der Waals surface area contributed by atoms with Gasteiger partial charge in [-0.1, -0.05) is 18.9 Å². The highest BCUT2D eigenvalue weighted by atomic mass is 16.2. The van der Waals surface area contributed by atoms with Gasteiger partial charge in [0.25, 0.3) is 5.56 Å². The third kappa shape index (κ3) is 3.84. The third-order valence-electron chi connectivity index (χ3n) is 4.58. The lowest BCUT2D eigenvalue weighted by molar-refractivity contribution is 0.531. The number of fused-ring (bicyclic) bond motifs is 1. The minimum atomic E-state index is -0.327. The quantitative estimate of drug-likeness (QED) is 0.512. The third-order valence-corrected chi connectivity index (χ3v) is 4.58. The zero-order chi connectivity index (χ0) is 17.8. The topological polar surface area (TPSA) is 85.8 Å². The molecule has 3 aromatic rings. The predicted octanol–water partition coefficient (Wildman–Crippen LogP) is 2.64. The van der Waals surface area contributed by atoms with E-state index in [4.69, 9.17) is 5.73 Å². The van der Waals surface area contributed by atoms with Gasteiger partial charge in [-0.15, -0.1) is 0 Å². The van der Waals surface area contributed by atoms with Crippen LogP contribution in [0.2, 0.25) is 0 Å². The Balaban J connectivity index is 1.46. The molecule has 0 amide bonds. The van der Waals surface area contributed by atoms with Crippen LogP contribution >= 0.6 is 0 Å². The lowest BCUT2D eigenvalue weighted by Crippen LogP contribution is -2.30. The van der Waals surface area contributed by atoms with Crippen molar-refractivity contribution in [1.82, 2.24) is 14.1 Å². The molecule has 3 rings (SSSR count). The van der Waals surface area contributed by atoms with E-state index < -0.39 is 0 Å². The van der Waals surface area contributed by atoms with Gasteiger partial charge in [-0.3, -0.25) is 9.78 Å². The zero-order valence-electron chi connectivity index (χ0n) is 14.5. The van der Waals surface area contributed by atoms with Gasteiger partial charge in [0.15, 0.2) is 0 Å². The molecule has 0 fully saturated rings. The summed E-state index contributed by atoms with van der Waals surface area (Å²) in [7, 11) is 0. The van der Waals surface area contributed by atoms with Gasteiger partial charge in [-0.05, 0) is 38.0 Å². The number of unbranched alkanes of at least 4 members (excludes halogenated alkanes) is 3. The Hall–Kier alpha value is -2.76. The standard InChI is InChI=1S/C19H24N4O2/c1-14-13-23(19(25)21-18(14)24)11-5-3-2-4-10-22-12-9-15-16(20)7-6-8-17(15)22/h6-9,12-13H,2-5,10-11,20H2,1H3,(H,21,24,25). The van der Waals surface area contributed by atoms with Crippen LogP contribution < -0.4 is 17.0 Å². The summed E-state index contributed by atoms with van der Waals surface area (Å²) in [5, 5.41) is 1.11. The lowest BCUT2D eigenvalue weighted by Gasteiger charge is -2.07. The summed E-state index contributed by atoms with van der Waals surface area (Å²) in [5.41, 5.74) is 7.92. The Bertz CT molecular complexity index is 981. The Morgan fingerprint density at radius 2 is 1.72 bits per heavy atom. The molecule has 0 saturated carbocycles. The molecule has 0 bridgehead atoms. The van der Waals surface area contributed by atoms with Crippen molar-refractivity contribution in [3.8, 4) is 0 Å². The summed E-state index contributed by atoms with van der Waals surface area (Å²) in [6, 6.07) is 8.07. The Labute approximate surface area is 145 Å². The summed E-state index contributed by atoms with van der Waals surface area (Å²) in [6.45, 7) is 3.31. The second-order valence-electron chi connectivity index (χ2n) is 6.47. The number of benzene rings is 1. The molecule has 0 aliphatic carbocycles. The SMILES string of the molecule is Cc1cn(CCCCCCn2ccc3c(N)cccc32)c(=O)[nH]c1=O. The molecule has 3 N–H and O–H groups in total. The molecule has 25 heavy (non-hydrogen) atoms. The highest BCUT2D eigenvalue weighted by Gasteiger charge is 2.03. The van der Waals surface area contributed by atoms with Gasteiger partial charge in [-0.25, -0.2) is 4.79 Å². The number of nitrogens with one attached hydrogen (secondary N) is 1. The number of hydrogen-bond acceptors (Lipinski definition) is 3.